The van der Waals surface area contributed by atoms with Crippen molar-refractivity contribution in [2.24, 2.45) is 0 Å². The summed E-state index contributed by atoms with van der Waals surface area (Å²) < 4.78 is 0. The Hall–Kier alpha value is -2.16. The summed E-state index contributed by atoms with van der Waals surface area (Å²) in [6.07, 6.45) is 2.17. The molecule has 0 bridgehead atoms. The number of hydrogen-bond acceptors (Lipinski definition) is 3. The number of Topliss-reactive ketones (excluding diaryl/α,β-unsaturated/α-hetero) is 1. The fourth-order valence-electron chi connectivity index (χ4n) is 1.92. The first kappa shape index (κ1) is 13.3. The molecule has 0 spiro atoms. The lowest BCUT2D eigenvalue weighted by Crippen LogP contribution is -2.17. The summed E-state index contributed by atoms with van der Waals surface area (Å²) in [6, 6.07) is 14.0. The predicted octanol–water partition coefficient (Wildman–Crippen LogP) is 3.31. The highest BCUT2D eigenvalue weighted by atomic mass is 16.1. The number of carbonyl (C=O) groups is 1. The molecule has 0 radical (unpaired) electrons. The normalized spacial score (nSPS) is 10.2. The molecule has 0 aliphatic carbocycles. The largest absolute Gasteiger partial charge is 0.355 e. The maximum atomic E-state index is 11.5. The van der Waals surface area contributed by atoms with Crippen LogP contribution >= 0.6 is 0 Å². The molecule has 3 nitrogen and oxygen atoms in total. The van der Waals surface area contributed by atoms with E-state index in [9.17, 15) is 4.79 Å². The molecule has 0 aliphatic heterocycles. The van der Waals surface area contributed by atoms with Crippen molar-refractivity contribution in [3.63, 3.8) is 0 Å². The Morgan fingerprint density at radius 3 is 2.47 bits per heavy atom. The van der Waals surface area contributed by atoms with Crippen LogP contribution in [0.2, 0.25) is 0 Å². The molecular weight excluding hydrogens is 236 g/mol. The van der Waals surface area contributed by atoms with Gasteiger partial charge in [-0.05, 0) is 17.7 Å². The monoisotopic (exact) mass is 254 g/mol. The van der Waals surface area contributed by atoms with Crippen molar-refractivity contribution in [1.29, 1.82) is 0 Å². The molecule has 19 heavy (non-hydrogen) atoms. The molecule has 0 aliphatic rings. The average molecular weight is 254 g/mol. The van der Waals surface area contributed by atoms with Crippen molar-refractivity contribution in [1.82, 2.24) is 4.98 Å². The minimum atomic E-state index is 0.129. The van der Waals surface area contributed by atoms with Gasteiger partial charge in [0, 0.05) is 31.8 Å². The third kappa shape index (κ3) is 3.41. The predicted molar refractivity (Wildman–Crippen MR) is 77.4 cm³/mol. The highest BCUT2D eigenvalue weighted by Gasteiger charge is 2.06. The molecule has 0 amide bonds. The fourth-order valence-corrected chi connectivity index (χ4v) is 1.92. The Bertz CT molecular complexity index is 534. The van der Waals surface area contributed by atoms with Crippen molar-refractivity contribution < 1.29 is 4.79 Å². The van der Waals surface area contributed by atoms with Crippen molar-refractivity contribution >= 4 is 11.6 Å². The molecule has 1 aromatic carbocycles. The van der Waals surface area contributed by atoms with Gasteiger partial charge in [0.1, 0.15) is 5.82 Å². The Balaban J connectivity index is 2.07. The van der Waals surface area contributed by atoms with E-state index in [2.05, 4.69) is 22.0 Å². The van der Waals surface area contributed by atoms with Gasteiger partial charge in [-0.25, -0.2) is 4.98 Å². The standard InChI is InChI=1S/C16H18N2O/c1-3-15(19)14-9-10-16(17-11-14)18(2)12-13-7-5-4-6-8-13/h4-11H,3,12H2,1-2H3. The van der Waals surface area contributed by atoms with E-state index in [-0.39, 0.29) is 5.78 Å². The molecule has 0 unspecified atom stereocenters. The first-order chi connectivity index (χ1) is 9.20. The van der Waals surface area contributed by atoms with E-state index in [4.69, 9.17) is 0 Å². The maximum Gasteiger partial charge on any atom is 0.164 e. The SMILES string of the molecule is CCC(=O)c1ccc(N(C)Cc2ccccc2)nc1. The molecule has 0 N–H and O–H groups in total. The molecule has 1 heterocycles. The second-order valence-electron chi connectivity index (χ2n) is 4.52. The lowest BCUT2D eigenvalue weighted by Gasteiger charge is -2.18. The van der Waals surface area contributed by atoms with Gasteiger partial charge in [-0.15, -0.1) is 0 Å². The molecule has 0 atom stereocenters. The van der Waals surface area contributed by atoms with Crippen LogP contribution in [0.15, 0.2) is 48.7 Å². The molecule has 2 aromatic rings. The van der Waals surface area contributed by atoms with Crippen LogP contribution in [0.4, 0.5) is 5.82 Å². The highest BCUT2D eigenvalue weighted by Crippen LogP contribution is 2.13. The van der Waals surface area contributed by atoms with E-state index >= 15 is 0 Å². The van der Waals surface area contributed by atoms with E-state index in [0.717, 1.165) is 12.4 Å². The van der Waals surface area contributed by atoms with E-state index in [1.54, 1.807) is 6.20 Å². The third-order valence-corrected chi connectivity index (χ3v) is 3.04. The van der Waals surface area contributed by atoms with E-state index < -0.39 is 0 Å². The van der Waals surface area contributed by atoms with Crippen molar-refractivity contribution in [3.8, 4) is 0 Å². The summed E-state index contributed by atoms with van der Waals surface area (Å²) in [4.78, 5) is 17.9. The molecule has 1 aromatic heterocycles. The Labute approximate surface area is 113 Å². The fraction of sp³-hybridized carbons (Fsp3) is 0.250. The third-order valence-electron chi connectivity index (χ3n) is 3.04. The number of ketones is 1. The Morgan fingerprint density at radius 1 is 1.16 bits per heavy atom. The smallest absolute Gasteiger partial charge is 0.164 e. The number of nitrogens with zero attached hydrogens (tertiary/aromatic N) is 2. The van der Waals surface area contributed by atoms with E-state index in [0.29, 0.717) is 12.0 Å². The summed E-state index contributed by atoms with van der Waals surface area (Å²) in [5, 5.41) is 0. The van der Waals surface area contributed by atoms with Gasteiger partial charge in [0.15, 0.2) is 5.78 Å². The lowest BCUT2D eigenvalue weighted by molar-refractivity contribution is 0.0988. The van der Waals surface area contributed by atoms with Crippen LogP contribution in [-0.2, 0) is 6.54 Å². The van der Waals surface area contributed by atoms with Crippen molar-refractivity contribution in [3.05, 3.63) is 59.8 Å². The zero-order chi connectivity index (χ0) is 13.7. The Morgan fingerprint density at radius 2 is 1.89 bits per heavy atom. The first-order valence-electron chi connectivity index (χ1n) is 6.45. The molecule has 0 saturated heterocycles. The molecule has 3 heteroatoms. The van der Waals surface area contributed by atoms with Crippen LogP contribution in [0.25, 0.3) is 0 Å². The number of rotatable bonds is 5. The Kier molecular flexibility index (Phi) is 4.29. The van der Waals surface area contributed by atoms with E-state index in [1.807, 2.05) is 44.3 Å². The van der Waals surface area contributed by atoms with Gasteiger partial charge in [0.2, 0.25) is 0 Å². The van der Waals surface area contributed by atoms with Crippen LogP contribution in [0.5, 0.6) is 0 Å². The number of benzene rings is 1. The quantitative estimate of drug-likeness (QED) is 0.767. The summed E-state index contributed by atoms with van der Waals surface area (Å²) in [5.41, 5.74) is 1.92. The van der Waals surface area contributed by atoms with Crippen molar-refractivity contribution in [2.45, 2.75) is 19.9 Å². The summed E-state index contributed by atoms with van der Waals surface area (Å²) in [5.74, 6) is 1.00. The summed E-state index contributed by atoms with van der Waals surface area (Å²) >= 11 is 0. The maximum absolute atomic E-state index is 11.5. The zero-order valence-corrected chi connectivity index (χ0v) is 11.3. The van der Waals surface area contributed by atoms with Crippen LogP contribution in [0, 0.1) is 0 Å². The number of carbonyl (C=O) groups excluding carboxylic acids is 1. The van der Waals surface area contributed by atoms with E-state index in [1.165, 1.54) is 5.56 Å². The summed E-state index contributed by atoms with van der Waals surface area (Å²) in [7, 11) is 2.00. The topological polar surface area (TPSA) is 33.2 Å². The van der Waals surface area contributed by atoms with Gasteiger partial charge >= 0.3 is 0 Å². The first-order valence-corrected chi connectivity index (χ1v) is 6.45. The number of pyridine rings is 1. The number of aromatic nitrogens is 1. The van der Waals surface area contributed by atoms with Crippen LogP contribution < -0.4 is 4.90 Å². The van der Waals surface area contributed by atoms with Crippen LogP contribution in [-0.4, -0.2) is 17.8 Å². The van der Waals surface area contributed by atoms with Crippen LogP contribution in [0.1, 0.15) is 29.3 Å². The highest BCUT2D eigenvalue weighted by molar-refractivity contribution is 5.95. The van der Waals surface area contributed by atoms with Gasteiger partial charge in [-0.3, -0.25) is 4.79 Å². The zero-order valence-electron chi connectivity index (χ0n) is 11.3. The molecule has 0 saturated carbocycles. The molecular formula is C16H18N2O. The molecule has 98 valence electrons. The van der Waals surface area contributed by atoms with Gasteiger partial charge in [-0.1, -0.05) is 37.3 Å². The molecule has 0 fully saturated rings. The number of hydrogen-bond donors (Lipinski definition) is 0. The number of anilines is 1. The minimum absolute atomic E-state index is 0.129. The van der Waals surface area contributed by atoms with Gasteiger partial charge in [0.05, 0.1) is 0 Å². The van der Waals surface area contributed by atoms with Crippen LogP contribution in [0.3, 0.4) is 0 Å². The second kappa shape index (κ2) is 6.14. The lowest BCUT2D eigenvalue weighted by atomic mass is 10.1. The second-order valence-corrected chi connectivity index (χ2v) is 4.52. The van der Waals surface area contributed by atoms with Crippen molar-refractivity contribution in [2.75, 3.05) is 11.9 Å². The van der Waals surface area contributed by atoms with Gasteiger partial charge < -0.3 is 4.90 Å². The van der Waals surface area contributed by atoms with Gasteiger partial charge in [0.25, 0.3) is 0 Å². The average Bonchev–Trinajstić information content (AvgIpc) is 2.47. The van der Waals surface area contributed by atoms with Gasteiger partial charge in [-0.2, -0.15) is 0 Å². The minimum Gasteiger partial charge on any atom is -0.355 e. The molecule has 2 rings (SSSR count). The summed E-state index contributed by atoms with van der Waals surface area (Å²) in [6.45, 7) is 2.66.